The van der Waals surface area contributed by atoms with Crippen molar-refractivity contribution in [3.05, 3.63) is 69.1 Å². The Morgan fingerprint density at radius 3 is 2.59 bits per heavy atom. The van der Waals surface area contributed by atoms with E-state index < -0.39 is 6.10 Å². The molecule has 7 nitrogen and oxygen atoms in total. The molecule has 2 heterocycles. The number of aromatic nitrogens is 6. The first-order chi connectivity index (χ1) is 13.0. The molecule has 27 heavy (non-hydrogen) atoms. The molecule has 4 rings (SSSR count). The van der Waals surface area contributed by atoms with Crippen molar-refractivity contribution in [1.29, 1.82) is 0 Å². The molecule has 0 amide bonds. The molecule has 1 unspecified atom stereocenters. The molecule has 0 aliphatic rings. The van der Waals surface area contributed by atoms with Crippen LogP contribution in [0.25, 0.3) is 10.9 Å². The van der Waals surface area contributed by atoms with Gasteiger partial charge in [-0.1, -0.05) is 0 Å². The molecule has 0 aliphatic carbocycles. The van der Waals surface area contributed by atoms with Crippen LogP contribution in [0, 0.1) is 6.92 Å². The predicted molar refractivity (Wildman–Crippen MR) is 103 cm³/mol. The predicted octanol–water partition coefficient (Wildman–Crippen LogP) is 2.70. The van der Waals surface area contributed by atoms with Crippen LogP contribution in [0.1, 0.15) is 28.7 Å². The van der Waals surface area contributed by atoms with Crippen molar-refractivity contribution in [1.82, 2.24) is 27.8 Å². The molecule has 0 saturated carbocycles. The van der Waals surface area contributed by atoms with E-state index in [2.05, 4.69) is 20.6 Å². The monoisotopic (exact) mass is 592 g/mol. The topological polar surface area (TPSA) is 81.7 Å². The van der Waals surface area contributed by atoms with E-state index in [4.69, 9.17) is 23.2 Å². The Morgan fingerprint density at radius 2 is 1.93 bits per heavy atom. The number of fused-ring (bicyclic) bond motifs is 1. The quantitative estimate of drug-likeness (QED) is 0.369. The van der Waals surface area contributed by atoms with Gasteiger partial charge in [0.15, 0.2) is 0 Å². The third kappa shape index (κ3) is 3.48. The first kappa shape index (κ1) is 18.8. The van der Waals surface area contributed by atoms with Gasteiger partial charge < -0.3 is 0 Å². The van der Waals surface area contributed by atoms with E-state index in [1.165, 1.54) is 0 Å². The van der Waals surface area contributed by atoms with Crippen molar-refractivity contribution in [3.8, 4) is 0 Å². The van der Waals surface area contributed by atoms with Crippen molar-refractivity contribution >= 4 is 60.2 Å². The Balaban J connectivity index is 1.79. The molecule has 10 heteroatoms. The summed E-state index contributed by atoms with van der Waals surface area (Å²) >= 11 is 13.0. The number of aliphatic hydroxyl groups excluding tert-OH is 1. The van der Waals surface area contributed by atoms with Crippen molar-refractivity contribution in [2.45, 2.75) is 19.6 Å². The molecule has 0 aliphatic heterocycles. The molecule has 1 N–H and O–H groups in total. The normalized spacial score (nSPS) is 12.6. The molecule has 0 bridgehead atoms. The van der Waals surface area contributed by atoms with Gasteiger partial charge in [-0.25, -0.2) is 0 Å². The zero-order chi connectivity index (χ0) is 19.1. The number of halogens is 2. The Hall–Kier alpha value is -1.56. The molecule has 134 valence electrons. The van der Waals surface area contributed by atoms with Gasteiger partial charge in [0.25, 0.3) is 0 Å². The van der Waals surface area contributed by atoms with Gasteiger partial charge in [0.05, 0.1) is 0 Å². The summed E-state index contributed by atoms with van der Waals surface area (Å²) in [5, 5.41) is 28.9. The third-order valence-electron chi connectivity index (χ3n) is 4.41. The van der Waals surface area contributed by atoms with E-state index in [1.807, 2.05) is 48.0 Å². The first-order valence-electron chi connectivity index (χ1n) is 8.07. The summed E-state index contributed by atoms with van der Waals surface area (Å²) in [5.74, 6) is 0.441. The van der Waals surface area contributed by atoms with Crippen LogP contribution in [0.5, 0.6) is 0 Å². The molecule has 0 fully saturated rings. The average molecular weight is 593 g/mol. The molecule has 0 radical (unpaired) electrons. The maximum absolute atomic E-state index is 10.7. The molecule has 0 saturated heterocycles. The second kappa shape index (κ2) is 7.46. The SMILES string of the molecule is Cc1nn(Cc2c(Cl)cccc2Cl)c2cc(C(O)c3nnn[n]3[Tl])ccc12. The van der Waals surface area contributed by atoms with E-state index in [1.54, 1.807) is 2.49 Å². The summed E-state index contributed by atoms with van der Waals surface area (Å²) in [6.07, 6.45) is -0.901. The van der Waals surface area contributed by atoms with E-state index in [-0.39, 0.29) is 0 Å². The van der Waals surface area contributed by atoms with Gasteiger partial charge in [0, 0.05) is 0 Å². The zero-order valence-electron chi connectivity index (χ0n) is 14.2. The molecular weight excluding hydrogens is 580 g/mol. The minimum absolute atomic E-state index is 0.369. The second-order valence-electron chi connectivity index (χ2n) is 6.10. The van der Waals surface area contributed by atoms with Crippen LogP contribution in [0.15, 0.2) is 36.4 Å². The zero-order valence-corrected chi connectivity index (χ0v) is 20.2. The molecule has 0 spiro atoms. The second-order valence-corrected chi connectivity index (χ2v) is 8.82. The van der Waals surface area contributed by atoms with E-state index in [0.29, 0.717) is 54.0 Å². The first-order valence-corrected chi connectivity index (χ1v) is 10.8. The average Bonchev–Trinajstić information content (AvgIpc) is 3.21. The number of rotatable bonds is 4. The number of tetrazole rings is 1. The number of hydrogen-bond acceptors (Lipinski definition) is 5. The summed E-state index contributed by atoms with van der Waals surface area (Å²) in [7, 11) is 0. The van der Waals surface area contributed by atoms with E-state index >= 15 is 0 Å². The van der Waals surface area contributed by atoms with Crippen molar-refractivity contribution < 1.29 is 5.11 Å². The van der Waals surface area contributed by atoms with Crippen LogP contribution in [0.4, 0.5) is 0 Å². The fraction of sp³-hybridized carbons (Fsp3) is 0.176. The van der Waals surface area contributed by atoms with Crippen LogP contribution in [-0.4, -0.2) is 59.0 Å². The molecule has 4 aromatic rings. The van der Waals surface area contributed by atoms with Gasteiger partial charge in [-0.15, -0.1) is 0 Å². The van der Waals surface area contributed by atoms with Crippen LogP contribution < -0.4 is 0 Å². The summed E-state index contributed by atoms with van der Waals surface area (Å²) in [4.78, 5) is 0. The van der Waals surface area contributed by atoms with Crippen LogP contribution in [-0.2, 0) is 6.54 Å². The Kier molecular flexibility index (Phi) is 5.19. The van der Waals surface area contributed by atoms with Gasteiger partial charge in [-0.3, -0.25) is 0 Å². The molecule has 2 aromatic carbocycles. The number of benzene rings is 2. The van der Waals surface area contributed by atoms with Gasteiger partial charge in [-0.2, -0.15) is 0 Å². The van der Waals surface area contributed by atoms with Crippen LogP contribution >= 0.6 is 23.2 Å². The van der Waals surface area contributed by atoms with Crippen molar-refractivity contribution in [3.63, 3.8) is 0 Å². The number of nitrogens with zero attached hydrogens (tertiary/aromatic N) is 6. The fourth-order valence-corrected chi connectivity index (χ4v) is 4.46. The Labute approximate surface area is 181 Å². The third-order valence-corrected chi connectivity index (χ3v) is 6.55. The molecule has 1 atom stereocenters. The van der Waals surface area contributed by atoms with Crippen LogP contribution in [0.3, 0.4) is 0 Å². The Morgan fingerprint density at radius 1 is 1.19 bits per heavy atom. The van der Waals surface area contributed by atoms with Gasteiger partial charge in [0.1, 0.15) is 0 Å². The van der Waals surface area contributed by atoms with E-state index in [9.17, 15) is 5.11 Å². The Bertz CT molecular complexity index is 1120. The number of aryl methyl sites for hydroxylation is 1. The fourth-order valence-electron chi connectivity index (χ4n) is 3.01. The van der Waals surface area contributed by atoms with Gasteiger partial charge in [0.2, 0.25) is 0 Å². The summed E-state index contributed by atoms with van der Waals surface area (Å²) in [6.45, 7) is 2.38. The summed E-state index contributed by atoms with van der Waals surface area (Å²) in [6, 6.07) is 11.2. The van der Waals surface area contributed by atoms with Crippen molar-refractivity contribution in [2.24, 2.45) is 0 Å². The maximum atomic E-state index is 10.7. The van der Waals surface area contributed by atoms with Gasteiger partial charge >= 0.3 is 182 Å². The summed E-state index contributed by atoms with van der Waals surface area (Å²) < 4.78 is 3.46. The summed E-state index contributed by atoms with van der Waals surface area (Å²) in [5.41, 5.74) is 3.28. The van der Waals surface area contributed by atoms with Crippen LogP contribution in [0.2, 0.25) is 10.0 Å². The van der Waals surface area contributed by atoms with E-state index in [0.717, 1.165) is 22.2 Å². The standard InChI is InChI=1S/C17H13Cl2N6O.Tl/c1-9-11-6-5-10(16(26)17-20-23-24-21-17)7-15(11)25(22-9)8-12-13(18)3-2-4-14(12)19;/h2-7,16,26H,8H2,1H3;/q-1;+1. The van der Waals surface area contributed by atoms with Crippen molar-refractivity contribution in [2.75, 3.05) is 0 Å². The molecular formula is C17H13Cl2N6OTl. The number of aliphatic hydroxyl groups is 1. The number of hydrogen-bond donors (Lipinski definition) is 1. The minimum atomic E-state index is -0.901. The molecule has 2 aromatic heterocycles. The van der Waals surface area contributed by atoms with Gasteiger partial charge in [-0.05, 0) is 0 Å².